The van der Waals surface area contributed by atoms with E-state index in [0.717, 1.165) is 0 Å². The quantitative estimate of drug-likeness (QED) is 0.788. The molecular weight excluding hydrogens is 338 g/mol. The van der Waals surface area contributed by atoms with Gasteiger partial charge in [0.2, 0.25) is 5.91 Å². The summed E-state index contributed by atoms with van der Waals surface area (Å²) in [6.07, 6.45) is -4.48. The van der Waals surface area contributed by atoms with Crippen LogP contribution in [-0.2, 0) is 17.8 Å². The Morgan fingerprint density at radius 1 is 1.16 bits per heavy atom. The van der Waals surface area contributed by atoms with E-state index in [4.69, 9.17) is 0 Å². The zero-order valence-electron chi connectivity index (χ0n) is 13.4. The number of nitrogens with one attached hydrogen (secondary N) is 1. The Balaban J connectivity index is 1.95. The minimum atomic E-state index is -4.80. The molecule has 0 aliphatic carbocycles. The van der Waals surface area contributed by atoms with E-state index in [0.29, 0.717) is 12.0 Å². The van der Waals surface area contributed by atoms with E-state index in [1.54, 1.807) is 25.1 Å². The predicted octanol–water partition coefficient (Wildman–Crippen LogP) is 4.22. The third kappa shape index (κ3) is 6.10. The number of hydrogen-bond acceptors (Lipinski definition) is 2. The van der Waals surface area contributed by atoms with Gasteiger partial charge in [-0.1, -0.05) is 37.3 Å². The van der Waals surface area contributed by atoms with Gasteiger partial charge in [-0.05, 0) is 30.2 Å². The standard InChI is InChI=1S/C18H17F4NO2/c1-12(9-13-5-4-7-15(19)10-13)17(24)23-11-14-6-2-3-8-16(14)25-18(20,21)22/h2-8,10,12H,9,11H2,1H3,(H,23,24). The van der Waals surface area contributed by atoms with Gasteiger partial charge in [0.05, 0.1) is 0 Å². The van der Waals surface area contributed by atoms with Gasteiger partial charge in [-0.3, -0.25) is 4.79 Å². The maximum Gasteiger partial charge on any atom is 0.573 e. The first-order chi connectivity index (χ1) is 11.7. The number of rotatable bonds is 6. The van der Waals surface area contributed by atoms with Crippen LogP contribution in [0.15, 0.2) is 48.5 Å². The molecule has 2 rings (SSSR count). The maximum atomic E-state index is 13.2. The molecule has 0 radical (unpaired) electrons. The van der Waals surface area contributed by atoms with Crippen LogP contribution in [0, 0.1) is 11.7 Å². The summed E-state index contributed by atoms with van der Waals surface area (Å²) in [5, 5.41) is 2.58. The molecule has 7 heteroatoms. The molecule has 0 fully saturated rings. The first kappa shape index (κ1) is 18.8. The highest BCUT2D eigenvalue weighted by Gasteiger charge is 2.32. The summed E-state index contributed by atoms with van der Waals surface area (Å²) in [5.41, 5.74) is 0.884. The van der Waals surface area contributed by atoms with Crippen LogP contribution in [0.5, 0.6) is 5.75 Å². The van der Waals surface area contributed by atoms with Gasteiger partial charge in [0, 0.05) is 18.0 Å². The lowest BCUT2D eigenvalue weighted by Gasteiger charge is -2.15. The number of para-hydroxylation sites is 1. The van der Waals surface area contributed by atoms with Crippen LogP contribution in [0.1, 0.15) is 18.1 Å². The molecule has 0 bridgehead atoms. The molecule has 1 amide bonds. The fourth-order valence-corrected chi connectivity index (χ4v) is 2.34. The second-order valence-corrected chi connectivity index (χ2v) is 5.61. The summed E-state index contributed by atoms with van der Waals surface area (Å²) in [5.74, 6) is -1.54. The van der Waals surface area contributed by atoms with Crippen LogP contribution >= 0.6 is 0 Å². The lowest BCUT2D eigenvalue weighted by atomic mass is 10.00. The minimum Gasteiger partial charge on any atom is -0.405 e. The zero-order chi connectivity index (χ0) is 18.4. The van der Waals surface area contributed by atoms with Gasteiger partial charge in [0.25, 0.3) is 0 Å². The van der Waals surface area contributed by atoms with Crippen molar-refractivity contribution in [2.24, 2.45) is 5.92 Å². The van der Waals surface area contributed by atoms with E-state index in [-0.39, 0.29) is 29.6 Å². The van der Waals surface area contributed by atoms with Crippen molar-refractivity contribution in [3.05, 3.63) is 65.5 Å². The molecular formula is C18H17F4NO2. The molecule has 3 nitrogen and oxygen atoms in total. The molecule has 2 aromatic carbocycles. The number of carbonyl (C=O) groups is 1. The van der Waals surface area contributed by atoms with E-state index >= 15 is 0 Å². The Morgan fingerprint density at radius 2 is 1.88 bits per heavy atom. The molecule has 134 valence electrons. The fraction of sp³-hybridized carbons (Fsp3) is 0.278. The summed E-state index contributed by atoms with van der Waals surface area (Å²) in [6.45, 7) is 1.57. The normalized spacial score (nSPS) is 12.5. The molecule has 2 aromatic rings. The molecule has 0 aliphatic heterocycles. The smallest absolute Gasteiger partial charge is 0.405 e. The average Bonchev–Trinajstić information content (AvgIpc) is 2.52. The summed E-state index contributed by atoms with van der Waals surface area (Å²) in [6, 6.07) is 11.5. The van der Waals surface area contributed by atoms with Gasteiger partial charge in [-0.25, -0.2) is 4.39 Å². The number of alkyl halides is 3. The maximum absolute atomic E-state index is 13.2. The topological polar surface area (TPSA) is 38.3 Å². The van der Waals surface area contributed by atoms with Gasteiger partial charge in [0.1, 0.15) is 11.6 Å². The highest BCUT2D eigenvalue weighted by atomic mass is 19.4. The zero-order valence-corrected chi connectivity index (χ0v) is 13.4. The van der Waals surface area contributed by atoms with Crippen molar-refractivity contribution in [1.29, 1.82) is 0 Å². The number of hydrogen-bond donors (Lipinski definition) is 1. The van der Waals surface area contributed by atoms with Crippen molar-refractivity contribution in [2.75, 3.05) is 0 Å². The lowest BCUT2D eigenvalue weighted by molar-refractivity contribution is -0.274. The SMILES string of the molecule is CC(Cc1cccc(F)c1)C(=O)NCc1ccccc1OC(F)(F)F. The van der Waals surface area contributed by atoms with E-state index in [9.17, 15) is 22.4 Å². The van der Waals surface area contributed by atoms with Crippen LogP contribution in [0.3, 0.4) is 0 Å². The van der Waals surface area contributed by atoms with Crippen LogP contribution in [0.25, 0.3) is 0 Å². The van der Waals surface area contributed by atoms with Crippen molar-refractivity contribution in [2.45, 2.75) is 26.3 Å². The second kappa shape index (κ2) is 8.00. The van der Waals surface area contributed by atoms with Crippen LogP contribution < -0.4 is 10.1 Å². The average molecular weight is 355 g/mol. The Kier molecular flexibility index (Phi) is 6.01. The Bertz CT molecular complexity index is 731. The van der Waals surface area contributed by atoms with Crippen LogP contribution in [-0.4, -0.2) is 12.3 Å². The summed E-state index contributed by atoms with van der Waals surface area (Å²) in [4.78, 5) is 12.1. The molecule has 1 N–H and O–H groups in total. The van der Waals surface area contributed by atoms with Crippen LogP contribution in [0.2, 0.25) is 0 Å². The van der Waals surface area contributed by atoms with Crippen molar-refractivity contribution in [3.8, 4) is 5.75 Å². The molecule has 0 saturated heterocycles. The van der Waals surface area contributed by atoms with Gasteiger partial charge < -0.3 is 10.1 Å². The highest BCUT2D eigenvalue weighted by molar-refractivity contribution is 5.78. The molecule has 0 aliphatic rings. The predicted molar refractivity (Wildman–Crippen MR) is 84.2 cm³/mol. The van der Waals surface area contributed by atoms with Crippen molar-refractivity contribution in [3.63, 3.8) is 0 Å². The third-order valence-corrected chi connectivity index (χ3v) is 3.53. The largest absolute Gasteiger partial charge is 0.573 e. The Morgan fingerprint density at radius 3 is 2.56 bits per heavy atom. The van der Waals surface area contributed by atoms with E-state index in [1.807, 2.05) is 0 Å². The first-order valence-corrected chi connectivity index (χ1v) is 7.60. The summed E-state index contributed by atoms with van der Waals surface area (Å²) < 4.78 is 54.3. The van der Waals surface area contributed by atoms with Gasteiger partial charge in [-0.15, -0.1) is 13.2 Å². The van der Waals surface area contributed by atoms with Crippen LogP contribution in [0.4, 0.5) is 17.6 Å². The third-order valence-electron chi connectivity index (χ3n) is 3.53. The van der Waals surface area contributed by atoms with Crippen molar-refractivity contribution >= 4 is 5.91 Å². The number of ether oxygens (including phenoxy) is 1. The monoisotopic (exact) mass is 355 g/mol. The molecule has 0 spiro atoms. The summed E-state index contributed by atoms with van der Waals surface area (Å²) >= 11 is 0. The van der Waals surface area contributed by atoms with E-state index in [2.05, 4.69) is 10.1 Å². The Labute approximate surface area is 142 Å². The Hall–Kier alpha value is -2.57. The number of amides is 1. The number of carbonyl (C=O) groups excluding carboxylic acids is 1. The minimum absolute atomic E-state index is 0.0986. The molecule has 25 heavy (non-hydrogen) atoms. The molecule has 1 atom stereocenters. The molecule has 0 saturated carbocycles. The van der Waals surface area contributed by atoms with Gasteiger partial charge >= 0.3 is 6.36 Å². The lowest BCUT2D eigenvalue weighted by Crippen LogP contribution is -2.30. The molecule has 0 aromatic heterocycles. The number of benzene rings is 2. The first-order valence-electron chi connectivity index (χ1n) is 7.60. The van der Waals surface area contributed by atoms with Gasteiger partial charge in [-0.2, -0.15) is 0 Å². The fourth-order valence-electron chi connectivity index (χ4n) is 2.34. The van der Waals surface area contributed by atoms with E-state index < -0.39 is 12.3 Å². The molecule has 1 unspecified atom stereocenters. The van der Waals surface area contributed by atoms with Gasteiger partial charge in [0.15, 0.2) is 0 Å². The number of halogens is 4. The summed E-state index contributed by atoms with van der Waals surface area (Å²) in [7, 11) is 0. The van der Waals surface area contributed by atoms with Crippen molar-refractivity contribution in [1.82, 2.24) is 5.32 Å². The van der Waals surface area contributed by atoms with Crippen molar-refractivity contribution < 1.29 is 27.1 Å². The second-order valence-electron chi connectivity index (χ2n) is 5.61. The highest BCUT2D eigenvalue weighted by Crippen LogP contribution is 2.26. The van der Waals surface area contributed by atoms with E-state index in [1.165, 1.54) is 30.3 Å². The molecule has 0 heterocycles.